The molecule has 0 aliphatic heterocycles. The minimum Gasteiger partial charge on any atom is -0.756 e. The Labute approximate surface area is 283 Å². The fraction of sp³-hybridized carbons (Fsp3) is 0.865. The number of rotatable bonds is 34. The van der Waals surface area contributed by atoms with Gasteiger partial charge in [-0.3, -0.25) is 9.36 Å². The third-order valence-electron chi connectivity index (χ3n) is 7.81. The SMILES string of the molecule is CCCCCCC/C=C\C/C=C\CCCCCCCCCCCCCCOCC(COP(=O)([O-])OCC[N+](C)(C)C)OC(=O)CC. The predicted octanol–water partition coefficient (Wildman–Crippen LogP) is 9.47. The molecule has 0 bridgehead atoms. The Morgan fingerprint density at radius 1 is 0.674 bits per heavy atom. The molecule has 2 atom stereocenters. The molecule has 8 nitrogen and oxygen atoms in total. The number of unbranched alkanes of at least 4 members (excludes halogenated alkanes) is 17. The lowest BCUT2D eigenvalue weighted by Gasteiger charge is -2.28. The number of hydrogen-bond acceptors (Lipinski definition) is 7. The van der Waals surface area contributed by atoms with E-state index in [1.807, 2.05) is 21.1 Å². The summed E-state index contributed by atoms with van der Waals surface area (Å²) in [4.78, 5) is 23.8. The lowest BCUT2D eigenvalue weighted by molar-refractivity contribution is -0.870. The Morgan fingerprint density at radius 3 is 1.67 bits per heavy atom. The molecule has 0 aromatic rings. The van der Waals surface area contributed by atoms with Gasteiger partial charge in [0.1, 0.15) is 19.3 Å². The standard InChI is InChI=1S/C37H72NO7P/c1-6-8-9-10-11-12-13-14-15-16-17-18-19-20-21-22-23-24-25-26-27-28-29-30-32-42-34-36(45-37(39)7-2)35-44-46(40,41)43-33-31-38(3,4)5/h13-14,16-17,36H,6-12,15,18-35H2,1-5H3/b14-13-,17-16-. The van der Waals surface area contributed by atoms with E-state index in [-0.39, 0.29) is 26.2 Å². The molecular formula is C37H72NO7P. The highest BCUT2D eigenvalue weighted by Crippen LogP contribution is 2.38. The van der Waals surface area contributed by atoms with Crippen molar-refractivity contribution in [3.8, 4) is 0 Å². The lowest BCUT2D eigenvalue weighted by atomic mass is 10.0. The van der Waals surface area contributed by atoms with Crippen LogP contribution in [0, 0.1) is 0 Å². The number of likely N-dealkylation sites (N-methyl/N-ethyl adjacent to an activating group) is 1. The van der Waals surface area contributed by atoms with E-state index in [1.54, 1.807) is 6.92 Å². The van der Waals surface area contributed by atoms with Gasteiger partial charge in [-0.2, -0.15) is 0 Å². The Balaban J connectivity index is 3.67. The van der Waals surface area contributed by atoms with Crippen LogP contribution >= 0.6 is 7.82 Å². The first-order valence-electron chi connectivity index (χ1n) is 18.6. The Bertz CT molecular complexity index is 797. The van der Waals surface area contributed by atoms with Crippen LogP contribution in [0.15, 0.2) is 24.3 Å². The van der Waals surface area contributed by atoms with Crippen LogP contribution in [0.25, 0.3) is 0 Å². The van der Waals surface area contributed by atoms with E-state index in [0.717, 1.165) is 19.3 Å². The average Bonchev–Trinajstić information content (AvgIpc) is 3.00. The van der Waals surface area contributed by atoms with E-state index >= 15 is 0 Å². The number of ether oxygens (including phenoxy) is 2. The summed E-state index contributed by atoms with van der Waals surface area (Å²) in [6.07, 6.45) is 34.2. The van der Waals surface area contributed by atoms with Crippen LogP contribution in [0.3, 0.4) is 0 Å². The normalized spacial score (nSPS) is 14.3. The molecule has 9 heteroatoms. The number of esters is 1. The molecule has 0 heterocycles. The van der Waals surface area contributed by atoms with Crippen LogP contribution in [-0.4, -0.2) is 70.7 Å². The van der Waals surface area contributed by atoms with Crippen LogP contribution in [0.1, 0.15) is 149 Å². The summed E-state index contributed by atoms with van der Waals surface area (Å²) < 4.78 is 33.5. The number of phosphoric ester groups is 1. The van der Waals surface area contributed by atoms with Crippen LogP contribution in [0.2, 0.25) is 0 Å². The van der Waals surface area contributed by atoms with Gasteiger partial charge in [-0.15, -0.1) is 0 Å². The van der Waals surface area contributed by atoms with Crippen molar-refractivity contribution < 1.29 is 37.3 Å². The predicted molar refractivity (Wildman–Crippen MR) is 190 cm³/mol. The molecule has 0 aliphatic rings. The van der Waals surface area contributed by atoms with Crippen molar-refractivity contribution in [3.05, 3.63) is 24.3 Å². The second kappa shape index (κ2) is 31.3. The highest BCUT2D eigenvalue weighted by atomic mass is 31.2. The molecule has 0 saturated heterocycles. The molecule has 0 rings (SSSR count). The molecule has 0 N–H and O–H groups in total. The van der Waals surface area contributed by atoms with Crippen molar-refractivity contribution in [2.24, 2.45) is 0 Å². The van der Waals surface area contributed by atoms with E-state index in [4.69, 9.17) is 18.5 Å². The molecule has 0 spiro atoms. The second-order valence-corrected chi connectivity index (χ2v) is 15.0. The Kier molecular flexibility index (Phi) is 30.6. The van der Waals surface area contributed by atoms with Gasteiger partial charge in [-0.05, 0) is 38.5 Å². The molecule has 0 amide bonds. The maximum atomic E-state index is 12.1. The summed E-state index contributed by atoms with van der Waals surface area (Å²) in [5, 5.41) is 0. The number of carbonyl (C=O) groups is 1. The van der Waals surface area contributed by atoms with Gasteiger partial charge in [0.15, 0.2) is 0 Å². The molecule has 46 heavy (non-hydrogen) atoms. The van der Waals surface area contributed by atoms with E-state index in [2.05, 4.69) is 31.2 Å². The fourth-order valence-electron chi connectivity index (χ4n) is 4.84. The highest BCUT2D eigenvalue weighted by molar-refractivity contribution is 7.45. The number of allylic oxidation sites excluding steroid dienone is 4. The van der Waals surface area contributed by atoms with Gasteiger partial charge < -0.3 is 27.9 Å². The number of phosphoric acid groups is 1. The zero-order valence-corrected chi connectivity index (χ0v) is 31.4. The third kappa shape index (κ3) is 34.3. The van der Waals surface area contributed by atoms with Crippen molar-refractivity contribution in [3.63, 3.8) is 0 Å². The first-order chi connectivity index (χ1) is 22.1. The van der Waals surface area contributed by atoms with Gasteiger partial charge in [-0.25, -0.2) is 0 Å². The number of nitrogens with zero attached hydrogens (tertiary/aromatic N) is 1. The maximum Gasteiger partial charge on any atom is 0.305 e. The van der Waals surface area contributed by atoms with Gasteiger partial charge in [0.2, 0.25) is 0 Å². The Morgan fingerprint density at radius 2 is 1.17 bits per heavy atom. The zero-order valence-electron chi connectivity index (χ0n) is 30.5. The molecule has 0 aromatic heterocycles. The zero-order chi connectivity index (χ0) is 34.2. The summed E-state index contributed by atoms with van der Waals surface area (Å²) in [5.74, 6) is -0.422. The molecule has 272 valence electrons. The fourth-order valence-corrected chi connectivity index (χ4v) is 5.57. The topological polar surface area (TPSA) is 94.1 Å². The van der Waals surface area contributed by atoms with Crippen molar-refractivity contribution >= 4 is 13.8 Å². The monoisotopic (exact) mass is 674 g/mol. The molecule has 0 fully saturated rings. The third-order valence-corrected chi connectivity index (χ3v) is 8.77. The minimum absolute atomic E-state index is 0.0243. The van der Waals surface area contributed by atoms with Crippen molar-refractivity contribution in [1.29, 1.82) is 0 Å². The molecular weight excluding hydrogens is 601 g/mol. The van der Waals surface area contributed by atoms with Crippen LogP contribution in [-0.2, 0) is 27.9 Å². The highest BCUT2D eigenvalue weighted by Gasteiger charge is 2.19. The molecule has 0 aromatic carbocycles. The van der Waals surface area contributed by atoms with Crippen molar-refractivity contribution in [1.82, 2.24) is 0 Å². The first-order valence-corrected chi connectivity index (χ1v) is 20.0. The van der Waals surface area contributed by atoms with Gasteiger partial charge in [-0.1, -0.05) is 128 Å². The van der Waals surface area contributed by atoms with Crippen LogP contribution < -0.4 is 4.89 Å². The van der Waals surface area contributed by atoms with E-state index < -0.39 is 19.9 Å². The van der Waals surface area contributed by atoms with Gasteiger partial charge in [0, 0.05) is 13.0 Å². The summed E-state index contributed by atoms with van der Waals surface area (Å²) in [7, 11) is 1.35. The Hall–Kier alpha value is -1.02. The van der Waals surface area contributed by atoms with Crippen molar-refractivity contribution in [2.45, 2.75) is 155 Å². The molecule has 2 unspecified atom stereocenters. The second-order valence-electron chi connectivity index (χ2n) is 13.5. The molecule has 0 saturated carbocycles. The van der Waals surface area contributed by atoms with Crippen LogP contribution in [0.4, 0.5) is 0 Å². The minimum atomic E-state index is -4.48. The van der Waals surface area contributed by atoms with E-state index in [1.165, 1.54) is 109 Å². The quantitative estimate of drug-likeness (QED) is 0.0221. The number of carbonyl (C=O) groups excluding carboxylic acids is 1. The summed E-state index contributed by atoms with van der Waals surface area (Å²) in [6.45, 7) is 4.82. The maximum absolute atomic E-state index is 12.1. The molecule has 0 radical (unpaired) electrons. The van der Waals surface area contributed by atoms with E-state index in [9.17, 15) is 14.3 Å². The van der Waals surface area contributed by atoms with Gasteiger partial charge in [0.25, 0.3) is 7.82 Å². The summed E-state index contributed by atoms with van der Waals surface area (Å²) >= 11 is 0. The molecule has 0 aliphatic carbocycles. The van der Waals surface area contributed by atoms with E-state index in [0.29, 0.717) is 17.6 Å². The largest absolute Gasteiger partial charge is 0.756 e. The van der Waals surface area contributed by atoms with Gasteiger partial charge in [0.05, 0.1) is 34.4 Å². The summed E-state index contributed by atoms with van der Waals surface area (Å²) in [6, 6.07) is 0. The smallest absolute Gasteiger partial charge is 0.305 e. The van der Waals surface area contributed by atoms with Crippen LogP contribution in [0.5, 0.6) is 0 Å². The summed E-state index contributed by atoms with van der Waals surface area (Å²) in [5.41, 5.74) is 0. The number of quaternary nitrogens is 1. The average molecular weight is 674 g/mol. The van der Waals surface area contributed by atoms with Crippen molar-refractivity contribution in [2.75, 3.05) is 54.1 Å². The number of hydrogen-bond donors (Lipinski definition) is 0. The lowest BCUT2D eigenvalue weighted by Crippen LogP contribution is -2.37. The van der Waals surface area contributed by atoms with Gasteiger partial charge >= 0.3 is 5.97 Å². The first kappa shape index (κ1) is 45.0.